The Kier molecular flexibility index (Phi) is 4.72. The Morgan fingerprint density at radius 2 is 2.18 bits per heavy atom. The molecule has 1 unspecified atom stereocenters. The fourth-order valence-corrected chi connectivity index (χ4v) is 1.40. The maximum atomic E-state index is 11.7. The molecule has 1 heterocycles. The van der Waals surface area contributed by atoms with E-state index >= 15 is 0 Å². The number of carboxylic acid groups (broad SMARTS) is 1. The summed E-state index contributed by atoms with van der Waals surface area (Å²) < 4.78 is 0. The van der Waals surface area contributed by atoms with E-state index in [1.807, 2.05) is 0 Å². The van der Waals surface area contributed by atoms with Gasteiger partial charge in [-0.15, -0.1) is 0 Å². The molecule has 1 amide bonds. The predicted octanol–water partition coefficient (Wildman–Crippen LogP) is 1.98. The summed E-state index contributed by atoms with van der Waals surface area (Å²) in [4.78, 5) is 26.1. The Morgan fingerprint density at radius 3 is 2.65 bits per heavy atom. The van der Waals surface area contributed by atoms with Crippen molar-refractivity contribution in [3.05, 3.63) is 28.0 Å². The van der Waals surface area contributed by atoms with E-state index in [1.54, 1.807) is 6.92 Å². The number of carboxylic acids is 1. The van der Waals surface area contributed by atoms with Gasteiger partial charge in [-0.05, 0) is 12.5 Å². The van der Waals surface area contributed by atoms with Crippen LogP contribution in [0.1, 0.15) is 23.7 Å². The van der Waals surface area contributed by atoms with Crippen LogP contribution in [0.3, 0.4) is 0 Å². The summed E-state index contributed by atoms with van der Waals surface area (Å²) in [6.45, 7) is 1.66. The summed E-state index contributed by atoms with van der Waals surface area (Å²) in [7, 11) is 0. The lowest BCUT2D eigenvalue weighted by Crippen LogP contribution is -2.40. The number of aromatic nitrogens is 1. The van der Waals surface area contributed by atoms with Crippen LogP contribution in [0.5, 0.6) is 0 Å². The van der Waals surface area contributed by atoms with Gasteiger partial charge in [-0.1, -0.05) is 30.1 Å². The molecule has 2 N–H and O–H groups in total. The van der Waals surface area contributed by atoms with Crippen molar-refractivity contribution in [2.24, 2.45) is 0 Å². The summed E-state index contributed by atoms with van der Waals surface area (Å²) in [5.41, 5.74) is 0.166. The molecule has 1 atom stereocenters. The van der Waals surface area contributed by atoms with Crippen LogP contribution in [-0.4, -0.2) is 28.0 Å². The van der Waals surface area contributed by atoms with E-state index < -0.39 is 17.9 Å². The van der Waals surface area contributed by atoms with Crippen molar-refractivity contribution in [1.82, 2.24) is 10.3 Å². The average molecular weight is 277 g/mol. The maximum Gasteiger partial charge on any atom is 0.326 e. The molecule has 0 fully saturated rings. The normalized spacial score (nSPS) is 11.9. The molecule has 0 aliphatic carbocycles. The van der Waals surface area contributed by atoms with Crippen LogP contribution in [0.15, 0.2) is 12.3 Å². The maximum absolute atomic E-state index is 11.7. The van der Waals surface area contributed by atoms with E-state index in [0.29, 0.717) is 0 Å². The molecule has 0 spiro atoms. The second kappa shape index (κ2) is 5.84. The highest BCUT2D eigenvalue weighted by Gasteiger charge is 2.19. The van der Waals surface area contributed by atoms with Gasteiger partial charge in [-0.3, -0.25) is 4.79 Å². The lowest BCUT2D eigenvalue weighted by molar-refractivity contribution is -0.139. The number of nitrogens with zero attached hydrogens (tertiary/aromatic N) is 1. The van der Waals surface area contributed by atoms with Gasteiger partial charge in [0.2, 0.25) is 0 Å². The Bertz CT molecular complexity index is 451. The largest absolute Gasteiger partial charge is 0.480 e. The highest BCUT2D eigenvalue weighted by Crippen LogP contribution is 2.19. The van der Waals surface area contributed by atoms with Gasteiger partial charge in [0.05, 0.1) is 10.6 Å². The molecule has 0 aliphatic heterocycles. The fourth-order valence-electron chi connectivity index (χ4n) is 1.13. The van der Waals surface area contributed by atoms with Crippen molar-refractivity contribution in [1.29, 1.82) is 0 Å². The van der Waals surface area contributed by atoms with E-state index in [-0.39, 0.29) is 22.2 Å². The Morgan fingerprint density at radius 1 is 1.53 bits per heavy atom. The summed E-state index contributed by atoms with van der Waals surface area (Å²) in [6.07, 6.45) is 1.52. The van der Waals surface area contributed by atoms with Crippen molar-refractivity contribution in [3.8, 4) is 0 Å². The van der Waals surface area contributed by atoms with Crippen molar-refractivity contribution < 1.29 is 14.7 Å². The van der Waals surface area contributed by atoms with Crippen LogP contribution in [0.4, 0.5) is 0 Å². The van der Waals surface area contributed by atoms with E-state index in [2.05, 4.69) is 10.3 Å². The molecule has 1 aromatic heterocycles. The zero-order valence-corrected chi connectivity index (χ0v) is 10.4. The minimum atomic E-state index is -1.09. The lowest BCUT2D eigenvalue weighted by Gasteiger charge is -2.12. The molecule has 0 aliphatic rings. The number of carbonyl (C=O) groups excluding carboxylic acids is 1. The number of rotatable bonds is 4. The van der Waals surface area contributed by atoms with E-state index in [0.717, 1.165) is 0 Å². The third kappa shape index (κ3) is 3.57. The Hall–Kier alpha value is -1.33. The van der Waals surface area contributed by atoms with Crippen molar-refractivity contribution in [3.63, 3.8) is 0 Å². The monoisotopic (exact) mass is 276 g/mol. The summed E-state index contributed by atoms with van der Waals surface area (Å²) in [6, 6.07) is 0.401. The van der Waals surface area contributed by atoms with Crippen LogP contribution in [0.2, 0.25) is 10.2 Å². The molecule has 1 aromatic rings. The van der Waals surface area contributed by atoms with Crippen LogP contribution in [0, 0.1) is 0 Å². The first-order valence-corrected chi connectivity index (χ1v) is 5.56. The molecule has 92 valence electrons. The molecule has 7 heteroatoms. The standard InChI is InChI=1S/C10H10Cl2N2O3/c1-2-7(10(16)17)14-9(15)5-3-6(11)8(12)13-4-5/h3-4,7H,2H2,1H3,(H,14,15)(H,16,17). The number of halogens is 2. The third-order valence-corrected chi connectivity index (χ3v) is 2.76. The van der Waals surface area contributed by atoms with Crippen molar-refractivity contribution in [2.75, 3.05) is 0 Å². The number of pyridine rings is 1. The molecule has 0 radical (unpaired) electrons. The van der Waals surface area contributed by atoms with E-state index in [9.17, 15) is 9.59 Å². The molecule has 17 heavy (non-hydrogen) atoms. The summed E-state index contributed by atoms with van der Waals surface area (Å²) >= 11 is 11.3. The third-order valence-electron chi connectivity index (χ3n) is 2.07. The number of amides is 1. The minimum Gasteiger partial charge on any atom is -0.480 e. The van der Waals surface area contributed by atoms with Gasteiger partial charge in [0, 0.05) is 6.20 Å². The highest BCUT2D eigenvalue weighted by molar-refractivity contribution is 6.41. The van der Waals surface area contributed by atoms with Crippen LogP contribution >= 0.6 is 23.2 Å². The van der Waals surface area contributed by atoms with Gasteiger partial charge < -0.3 is 10.4 Å². The molecule has 0 bridgehead atoms. The number of aliphatic carboxylic acids is 1. The highest BCUT2D eigenvalue weighted by atomic mass is 35.5. The lowest BCUT2D eigenvalue weighted by atomic mass is 10.2. The minimum absolute atomic E-state index is 0.0912. The van der Waals surface area contributed by atoms with Gasteiger partial charge >= 0.3 is 5.97 Å². The first kappa shape index (κ1) is 13.7. The molecule has 0 aromatic carbocycles. The van der Waals surface area contributed by atoms with E-state index in [4.69, 9.17) is 28.3 Å². The topological polar surface area (TPSA) is 79.3 Å². The molecular formula is C10H10Cl2N2O3. The SMILES string of the molecule is CCC(NC(=O)c1cnc(Cl)c(Cl)c1)C(=O)O. The van der Waals surface area contributed by atoms with Gasteiger partial charge in [0.1, 0.15) is 11.2 Å². The zero-order valence-electron chi connectivity index (χ0n) is 8.91. The summed E-state index contributed by atoms with van der Waals surface area (Å²) in [5.74, 6) is -1.64. The average Bonchev–Trinajstić information content (AvgIpc) is 2.28. The summed E-state index contributed by atoms with van der Waals surface area (Å²) in [5, 5.41) is 11.4. The number of carbonyl (C=O) groups is 2. The van der Waals surface area contributed by atoms with Gasteiger partial charge in [-0.2, -0.15) is 0 Å². The molecule has 1 rings (SSSR count). The van der Waals surface area contributed by atoms with Crippen molar-refractivity contribution >= 4 is 35.1 Å². The zero-order chi connectivity index (χ0) is 13.0. The number of hydrogen-bond donors (Lipinski definition) is 2. The number of nitrogens with one attached hydrogen (secondary N) is 1. The van der Waals surface area contributed by atoms with Crippen LogP contribution < -0.4 is 5.32 Å². The molecular weight excluding hydrogens is 267 g/mol. The second-order valence-electron chi connectivity index (χ2n) is 3.27. The van der Waals surface area contributed by atoms with Crippen molar-refractivity contribution in [2.45, 2.75) is 19.4 Å². The molecule has 5 nitrogen and oxygen atoms in total. The fraction of sp³-hybridized carbons (Fsp3) is 0.300. The second-order valence-corrected chi connectivity index (χ2v) is 4.03. The predicted molar refractivity (Wildman–Crippen MR) is 63.4 cm³/mol. The Balaban J connectivity index is 2.82. The quantitative estimate of drug-likeness (QED) is 0.825. The van der Waals surface area contributed by atoms with Crippen LogP contribution in [0.25, 0.3) is 0 Å². The van der Waals surface area contributed by atoms with Gasteiger partial charge in [-0.25, -0.2) is 9.78 Å². The van der Waals surface area contributed by atoms with Gasteiger partial charge in [0.15, 0.2) is 0 Å². The molecule has 0 saturated carbocycles. The first-order chi connectivity index (χ1) is 7.95. The van der Waals surface area contributed by atoms with Gasteiger partial charge in [0.25, 0.3) is 5.91 Å². The molecule has 0 saturated heterocycles. The van der Waals surface area contributed by atoms with Crippen LogP contribution in [-0.2, 0) is 4.79 Å². The first-order valence-electron chi connectivity index (χ1n) is 4.80. The van der Waals surface area contributed by atoms with E-state index in [1.165, 1.54) is 12.3 Å². The number of hydrogen-bond acceptors (Lipinski definition) is 3. The smallest absolute Gasteiger partial charge is 0.326 e. The Labute approximate surface area is 108 Å².